The molecule has 1 aromatic carbocycles. The minimum Gasteiger partial charge on any atom is -0.428 e. The van der Waals surface area contributed by atoms with E-state index in [9.17, 15) is 13.9 Å². The zero-order valence-electron chi connectivity index (χ0n) is 15.6. The Bertz CT molecular complexity index is 774. The number of ether oxygens (including phenoxy) is 1. The molecule has 2 aromatic rings. The Morgan fingerprint density at radius 1 is 1.38 bits per heavy atom. The maximum absolute atomic E-state index is 13.9. The van der Waals surface area contributed by atoms with E-state index in [4.69, 9.17) is 4.74 Å². The first-order valence-corrected chi connectivity index (χ1v) is 9.38. The van der Waals surface area contributed by atoms with Gasteiger partial charge in [-0.25, -0.2) is 4.98 Å². The van der Waals surface area contributed by atoms with Crippen molar-refractivity contribution in [3.63, 3.8) is 0 Å². The minimum absolute atomic E-state index is 0.0589. The van der Waals surface area contributed by atoms with Crippen molar-refractivity contribution < 1.29 is 18.6 Å². The highest BCUT2D eigenvalue weighted by Gasteiger charge is 2.39. The van der Waals surface area contributed by atoms with Crippen LogP contribution in [0.15, 0.2) is 28.7 Å². The molecular formula is C19H24F2N2O2S. The number of benzene rings is 1. The lowest BCUT2D eigenvalue weighted by Crippen LogP contribution is -2.37. The highest BCUT2D eigenvalue weighted by Crippen LogP contribution is 2.41. The molecule has 0 aliphatic rings. The number of rotatable bonds is 7. The summed E-state index contributed by atoms with van der Waals surface area (Å²) in [5, 5.41) is 11.9. The zero-order chi connectivity index (χ0) is 19.5. The third kappa shape index (κ3) is 4.45. The molecular weight excluding hydrogens is 358 g/mol. The van der Waals surface area contributed by atoms with Gasteiger partial charge >= 0.3 is 6.11 Å². The molecule has 0 radical (unpaired) electrons. The minimum atomic E-state index is -3.70. The maximum atomic E-state index is 13.9. The molecule has 1 heterocycles. The van der Waals surface area contributed by atoms with Crippen LogP contribution in [0, 0.1) is 12.8 Å². The van der Waals surface area contributed by atoms with Crippen LogP contribution in [0.3, 0.4) is 0 Å². The van der Waals surface area contributed by atoms with Crippen molar-refractivity contribution in [2.45, 2.75) is 53.3 Å². The number of aliphatic hydroxyl groups excluding tert-OH is 1. The lowest BCUT2D eigenvalue weighted by atomic mass is 10.0. The first-order chi connectivity index (χ1) is 12.2. The van der Waals surface area contributed by atoms with Crippen molar-refractivity contribution in [3.05, 3.63) is 29.3 Å². The summed E-state index contributed by atoms with van der Waals surface area (Å²) in [6.07, 6.45) is -3.06. The van der Waals surface area contributed by atoms with E-state index in [1.165, 1.54) is 17.4 Å². The van der Waals surface area contributed by atoms with E-state index < -0.39 is 12.2 Å². The first-order valence-electron chi connectivity index (χ1n) is 8.50. The fourth-order valence-electron chi connectivity index (χ4n) is 2.30. The van der Waals surface area contributed by atoms with Crippen LogP contribution >= 0.6 is 11.3 Å². The molecule has 2 unspecified atom stereocenters. The van der Waals surface area contributed by atoms with Gasteiger partial charge in [0.1, 0.15) is 10.7 Å². The zero-order valence-corrected chi connectivity index (χ0v) is 16.4. The van der Waals surface area contributed by atoms with Gasteiger partial charge in [-0.3, -0.25) is 4.99 Å². The molecule has 0 amide bonds. The molecule has 0 saturated heterocycles. The number of aliphatic imine (C=N–C) groups is 1. The van der Waals surface area contributed by atoms with Crippen LogP contribution in [0.1, 0.15) is 39.7 Å². The SMILES string of the molecule is CCC(C)C(C)=Nc1c(OC(F)(F)C(C)O)ccc(-c2nccs2)c1C. The van der Waals surface area contributed by atoms with Gasteiger partial charge in [-0.15, -0.1) is 11.3 Å². The summed E-state index contributed by atoms with van der Waals surface area (Å²) in [5.74, 6) is 0.152. The molecule has 2 atom stereocenters. The van der Waals surface area contributed by atoms with Gasteiger partial charge in [0.25, 0.3) is 0 Å². The molecule has 142 valence electrons. The second-order valence-electron chi connectivity index (χ2n) is 6.32. The highest BCUT2D eigenvalue weighted by atomic mass is 32.1. The van der Waals surface area contributed by atoms with Crippen molar-refractivity contribution in [1.82, 2.24) is 4.98 Å². The van der Waals surface area contributed by atoms with Crippen LogP contribution in [-0.2, 0) is 0 Å². The predicted molar refractivity (Wildman–Crippen MR) is 102 cm³/mol. The quantitative estimate of drug-likeness (QED) is 0.633. The smallest absolute Gasteiger partial charge is 0.424 e. The fourth-order valence-corrected chi connectivity index (χ4v) is 3.02. The fraction of sp³-hybridized carbons (Fsp3) is 0.474. The summed E-state index contributed by atoms with van der Waals surface area (Å²) in [6, 6.07) is 3.15. The predicted octanol–water partition coefficient (Wildman–Crippen LogP) is 5.61. The largest absolute Gasteiger partial charge is 0.428 e. The van der Waals surface area contributed by atoms with Gasteiger partial charge in [-0.1, -0.05) is 13.8 Å². The molecule has 0 saturated carbocycles. The van der Waals surface area contributed by atoms with E-state index in [2.05, 4.69) is 9.98 Å². The standard InChI is InChI=1S/C19H24F2N2O2S/c1-6-11(2)13(4)23-17-12(3)15(18-22-9-10-26-18)7-8-16(17)25-19(20,21)14(5)24/h7-11,14,24H,6H2,1-5H3. The van der Waals surface area contributed by atoms with E-state index in [0.717, 1.165) is 29.6 Å². The van der Waals surface area contributed by atoms with Crippen molar-refractivity contribution in [1.29, 1.82) is 0 Å². The monoisotopic (exact) mass is 382 g/mol. The average molecular weight is 382 g/mol. The molecule has 1 N–H and O–H groups in total. The van der Waals surface area contributed by atoms with Crippen LogP contribution in [0.5, 0.6) is 5.75 Å². The van der Waals surface area contributed by atoms with Gasteiger partial charge in [-0.05, 0) is 50.8 Å². The number of hydrogen-bond acceptors (Lipinski definition) is 5. The number of aliphatic hydroxyl groups is 1. The normalized spacial score (nSPS) is 15.0. The van der Waals surface area contributed by atoms with Crippen molar-refractivity contribution in [3.8, 4) is 16.3 Å². The molecule has 0 aliphatic carbocycles. The van der Waals surface area contributed by atoms with Crippen LogP contribution in [0.4, 0.5) is 14.5 Å². The van der Waals surface area contributed by atoms with E-state index >= 15 is 0 Å². The molecule has 1 aromatic heterocycles. The molecule has 26 heavy (non-hydrogen) atoms. The summed E-state index contributed by atoms with van der Waals surface area (Å²) in [7, 11) is 0. The Labute approximate surface area is 156 Å². The van der Waals surface area contributed by atoms with E-state index in [1.807, 2.05) is 33.1 Å². The molecule has 0 spiro atoms. The Kier molecular flexibility index (Phi) is 6.47. The highest BCUT2D eigenvalue weighted by molar-refractivity contribution is 7.13. The second kappa shape index (κ2) is 8.22. The first kappa shape index (κ1) is 20.5. The summed E-state index contributed by atoms with van der Waals surface area (Å²) in [5.41, 5.74) is 2.71. The Morgan fingerprint density at radius 2 is 2.08 bits per heavy atom. The summed E-state index contributed by atoms with van der Waals surface area (Å²) < 4.78 is 32.8. The van der Waals surface area contributed by atoms with Crippen molar-refractivity contribution >= 4 is 22.7 Å². The van der Waals surface area contributed by atoms with Crippen LogP contribution in [-0.4, -0.2) is 28.0 Å². The van der Waals surface area contributed by atoms with Crippen LogP contribution in [0.2, 0.25) is 0 Å². The molecule has 0 aliphatic heterocycles. The van der Waals surface area contributed by atoms with E-state index in [1.54, 1.807) is 12.3 Å². The van der Waals surface area contributed by atoms with Crippen molar-refractivity contribution in [2.24, 2.45) is 10.9 Å². The number of nitrogens with zero attached hydrogens (tertiary/aromatic N) is 2. The van der Waals surface area contributed by atoms with Crippen molar-refractivity contribution in [2.75, 3.05) is 0 Å². The Morgan fingerprint density at radius 3 is 2.62 bits per heavy atom. The average Bonchev–Trinajstić information content (AvgIpc) is 3.11. The molecule has 4 nitrogen and oxygen atoms in total. The molecule has 7 heteroatoms. The van der Waals surface area contributed by atoms with Gasteiger partial charge in [0.05, 0.1) is 0 Å². The number of aromatic nitrogens is 1. The molecule has 0 fully saturated rings. The number of alkyl halides is 2. The number of thiazole rings is 1. The van der Waals surface area contributed by atoms with Gasteiger partial charge < -0.3 is 9.84 Å². The summed E-state index contributed by atoms with van der Waals surface area (Å²) in [6.45, 7) is 8.75. The molecule has 2 rings (SSSR count). The Hall–Kier alpha value is -1.86. The Balaban J connectivity index is 2.59. The summed E-state index contributed by atoms with van der Waals surface area (Å²) in [4.78, 5) is 8.89. The van der Waals surface area contributed by atoms with Gasteiger partial charge in [0.15, 0.2) is 11.9 Å². The van der Waals surface area contributed by atoms with E-state index in [0.29, 0.717) is 11.3 Å². The van der Waals surface area contributed by atoms with Gasteiger partial charge in [0.2, 0.25) is 0 Å². The maximum Gasteiger partial charge on any atom is 0.424 e. The van der Waals surface area contributed by atoms with Gasteiger partial charge in [0, 0.05) is 22.9 Å². The number of hydrogen-bond donors (Lipinski definition) is 1. The third-order valence-electron chi connectivity index (χ3n) is 4.40. The topological polar surface area (TPSA) is 54.7 Å². The molecule has 0 bridgehead atoms. The number of halogens is 2. The third-order valence-corrected chi connectivity index (χ3v) is 5.21. The van der Waals surface area contributed by atoms with Crippen LogP contribution < -0.4 is 4.74 Å². The second-order valence-corrected chi connectivity index (χ2v) is 7.22. The van der Waals surface area contributed by atoms with Crippen LogP contribution in [0.25, 0.3) is 10.6 Å². The van der Waals surface area contributed by atoms with E-state index in [-0.39, 0.29) is 11.7 Å². The van der Waals surface area contributed by atoms with Gasteiger partial charge in [-0.2, -0.15) is 8.78 Å². The lowest BCUT2D eigenvalue weighted by molar-refractivity contribution is -0.233. The lowest BCUT2D eigenvalue weighted by Gasteiger charge is -2.23. The summed E-state index contributed by atoms with van der Waals surface area (Å²) >= 11 is 1.46.